The van der Waals surface area contributed by atoms with Gasteiger partial charge in [0, 0.05) is 28.1 Å². The molecule has 0 aromatic heterocycles. The maximum atomic E-state index is 13.1. The van der Waals surface area contributed by atoms with E-state index in [4.69, 9.17) is 22.1 Å². The summed E-state index contributed by atoms with van der Waals surface area (Å²) in [4.78, 5) is 0. The Kier molecular flexibility index (Phi) is 3.71. The van der Waals surface area contributed by atoms with Crippen LogP contribution in [0.15, 0.2) is 40.9 Å². The van der Waals surface area contributed by atoms with E-state index in [1.165, 1.54) is 12.1 Å². The number of halogens is 3. The van der Waals surface area contributed by atoms with Crippen LogP contribution in [0.1, 0.15) is 29.7 Å². The van der Waals surface area contributed by atoms with Gasteiger partial charge in [-0.1, -0.05) is 39.7 Å². The lowest BCUT2D eigenvalue weighted by Crippen LogP contribution is -2.24. The number of ether oxygens (including phenoxy) is 1. The van der Waals surface area contributed by atoms with Gasteiger partial charge in [0.05, 0.1) is 5.02 Å². The molecule has 0 aliphatic carbocycles. The van der Waals surface area contributed by atoms with Crippen LogP contribution in [-0.4, -0.2) is 0 Å². The largest absolute Gasteiger partial charge is 0.485 e. The van der Waals surface area contributed by atoms with Gasteiger partial charge in [0.15, 0.2) is 0 Å². The zero-order valence-corrected chi connectivity index (χ0v) is 12.8. The lowest BCUT2D eigenvalue weighted by molar-refractivity contribution is 0.161. The van der Waals surface area contributed by atoms with Gasteiger partial charge in [-0.2, -0.15) is 0 Å². The topological polar surface area (TPSA) is 35.2 Å². The second-order valence-corrected chi connectivity index (χ2v) is 6.12. The summed E-state index contributed by atoms with van der Waals surface area (Å²) in [5.41, 5.74) is 7.92. The van der Waals surface area contributed by atoms with E-state index < -0.39 is 0 Å². The lowest BCUT2D eigenvalue weighted by atomic mass is 9.93. The van der Waals surface area contributed by atoms with Crippen molar-refractivity contribution in [3.8, 4) is 5.75 Å². The number of fused-ring (bicyclic) bond motifs is 1. The minimum Gasteiger partial charge on any atom is -0.485 e. The molecule has 104 valence electrons. The highest BCUT2D eigenvalue weighted by molar-refractivity contribution is 9.10. The Labute approximate surface area is 129 Å². The first-order valence-electron chi connectivity index (χ1n) is 6.21. The fourth-order valence-corrected chi connectivity index (χ4v) is 3.06. The van der Waals surface area contributed by atoms with E-state index in [1.54, 1.807) is 6.07 Å². The summed E-state index contributed by atoms with van der Waals surface area (Å²) in [5.74, 6) is 0.380. The van der Waals surface area contributed by atoms with Crippen molar-refractivity contribution in [1.29, 1.82) is 0 Å². The van der Waals surface area contributed by atoms with Crippen molar-refractivity contribution in [3.05, 3.63) is 62.8 Å². The Balaban J connectivity index is 1.98. The van der Waals surface area contributed by atoms with Crippen molar-refractivity contribution in [2.24, 2.45) is 5.73 Å². The molecule has 0 bridgehead atoms. The molecule has 0 fully saturated rings. The Morgan fingerprint density at radius 1 is 1.20 bits per heavy atom. The van der Waals surface area contributed by atoms with Gasteiger partial charge in [0.25, 0.3) is 0 Å². The average molecular weight is 357 g/mol. The summed E-state index contributed by atoms with van der Waals surface area (Å²) in [7, 11) is 0. The van der Waals surface area contributed by atoms with Crippen molar-refractivity contribution >= 4 is 27.5 Å². The molecule has 2 aromatic carbocycles. The second-order valence-electron chi connectivity index (χ2n) is 4.80. The molecule has 1 heterocycles. The van der Waals surface area contributed by atoms with Crippen LogP contribution >= 0.6 is 27.5 Å². The van der Waals surface area contributed by atoms with Crippen molar-refractivity contribution in [3.63, 3.8) is 0 Å². The van der Waals surface area contributed by atoms with Crippen LogP contribution in [0.5, 0.6) is 5.75 Å². The number of nitrogens with two attached hydrogens (primary N) is 1. The first-order chi connectivity index (χ1) is 9.54. The molecule has 1 aliphatic heterocycles. The molecule has 2 nitrogen and oxygen atoms in total. The molecule has 5 heteroatoms. The molecule has 1 unspecified atom stereocenters. The SMILES string of the molecule is N[C@@H]1CC(c2ccc(F)cc2Cl)Oc2cc(Br)ccc21. The van der Waals surface area contributed by atoms with Crippen molar-refractivity contribution < 1.29 is 9.13 Å². The van der Waals surface area contributed by atoms with Crippen LogP contribution in [0.3, 0.4) is 0 Å². The number of rotatable bonds is 1. The van der Waals surface area contributed by atoms with Crippen molar-refractivity contribution in [2.45, 2.75) is 18.6 Å². The van der Waals surface area contributed by atoms with Gasteiger partial charge in [-0.05, 0) is 24.3 Å². The molecule has 3 rings (SSSR count). The minimum atomic E-state index is -0.359. The van der Waals surface area contributed by atoms with Crippen LogP contribution in [-0.2, 0) is 0 Å². The van der Waals surface area contributed by atoms with Gasteiger partial charge in [0.1, 0.15) is 17.7 Å². The standard InChI is InChI=1S/C15H12BrClFNO/c16-8-1-3-11-13(19)7-15(20-14(11)5-8)10-4-2-9(18)6-12(10)17/h1-6,13,15H,7,19H2/t13-,15?/m1/s1. The lowest BCUT2D eigenvalue weighted by Gasteiger charge is -2.31. The molecule has 0 radical (unpaired) electrons. The fourth-order valence-electron chi connectivity index (χ4n) is 2.43. The van der Waals surface area contributed by atoms with E-state index in [-0.39, 0.29) is 18.0 Å². The van der Waals surface area contributed by atoms with Crippen molar-refractivity contribution in [2.75, 3.05) is 0 Å². The summed E-state index contributed by atoms with van der Waals surface area (Å²) in [6.07, 6.45) is 0.347. The summed E-state index contributed by atoms with van der Waals surface area (Å²) >= 11 is 9.51. The average Bonchev–Trinajstić information content (AvgIpc) is 2.37. The zero-order chi connectivity index (χ0) is 14.3. The quantitative estimate of drug-likeness (QED) is 0.799. The Hall–Kier alpha value is -1.10. The third-order valence-corrected chi connectivity index (χ3v) is 4.24. The van der Waals surface area contributed by atoms with Gasteiger partial charge in [-0.3, -0.25) is 0 Å². The van der Waals surface area contributed by atoms with Crippen LogP contribution in [0, 0.1) is 5.82 Å². The van der Waals surface area contributed by atoms with Gasteiger partial charge in [-0.15, -0.1) is 0 Å². The maximum Gasteiger partial charge on any atom is 0.127 e. The Morgan fingerprint density at radius 2 is 1.95 bits per heavy atom. The van der Waals surface area contributed by atoms with Gasteiger partial charge < -0.3 is 10.5 Å². The molecular weight excluding hydrogens is 345 g/mol. The predicted molar refractivity (Wildman–Crippen MR) is 80.5 cm³/mol. The monoisotopic (exact) mass is 355 g/mol. The number of hydrogen-bond donors (Lipinski definition) is 1. The van der Waals surface area contributed by atoms with E-state index in [0.29, 0.717) is 11.4 Å². The number of hydrogen-bond acceptors (Lipinski definition) is 2. The number of benzene rings is 2. The molecule has 0 spiro atoms. The van der Waals surface area contributed by atoms with E-state index in [2.05, 4.69) is 15.9 Å². The third-order valence-electron chi connectivity index (χ3n) is 3.42. The molecular formula is C15H12BrClFNO. The van der Waals surface area contributed by atoms with E-state index in [9.17, 15) is 4.39 Å². The molecule has 0 saturated heterocycles. The van der Waals surface area contributed by atoms with Crippen molar-refractivity contribution in [1.82, 2.24) is 0 Å². The summed E-state index contributed by atoms with van der Waals surface area (Å²) < 4.78 is 20.0. The zero-order valence-electron chi connectivity index (χ0n) is 10.4. The molecule has 0 saturated carbocycles. The van der Waals surface area contributed by atoms with Gasteiger partial charge in [0.2, 0.25) is 0 Å². The summed E-state index contributed by atoms with van der Waals surface area (Å²) in [5, 5.41) is 0.362. The van der Waals surface area contributed by atoms with E-state index in [0.717, 1.165) is 21.3 Å². The summed E-state index contributed by atoms with van der Waals surface area (Å²) in [6, 6.07) is 9.98. The summed E-state index contributed by atoms with van der Waals surface area (Å²) in [6.45, 7) is 0. The van der Waals surface area contributed by atoms with Crippen LogP contribution in [0.25, 0.3) is 0 Å². The minimum absolute atomic E-state index is 0.127. The molecule has 1 aliphatic rings. The first-order valence-corrected chi connectivity index (χ1v) is 7.38. The Bertz CT molecular complexity index is 664. The third kappa shape index (κ3) is 2.55. The Morgan fingerprint density at radius 3 is 2.70 bits per heavy atom. The molecule has 2 atom stereocenters. The fraction of sp³-hybridized carbons (Fsp3) is 0.200. The maximum absolute atomic E-state index is 13.1. The van der Waals surface area contributed by atoms with Crippen LogP contribution in [0.4, 0.5) is 4.39 Å². The molecule has 2 N–H and O–H groups in total. The highest BCUT2D eigenvalue weighted by atomic mass is 79.9. The van der Waals surface area contributed by atoms with Crippen LogP contribution < -0.4 is 10.5 Å². The molecule has 2 aromatic rings. The smallest absolute Gasteiger partial charge is 0.127 e. The van der Waals surface area contributed by atoms with Crippen LogP contribution in [0.2, 0.25) is 5.02 Å². The molecule has 0 amide bonds. The van der Waals surface area contributed by atoms with Gasteiger partial charge >= 0.3 is 0 Å². The molecule has 20 heavy (non-hydrogen) atoms. The highest BCUT2D eigenvalue weighted by Crippen LogP contribution is 2.42. The highest BCUT2D eigenvalue weighted by Gasteiger charge is 2.28. The second kappa shape index (κ2) is 5.35. The van der Waals surface area contributed by atoms with E-state index in [1.807, 2.05) is 18.2 Å². The first kappa shape index (κ1) is 13.9. The normalized spacial score (nSPS) is 21.2. The van der Waals surface area contributed by atoms with E-state index >= 15 is 0 Å². The predicted octanol–water partition coefficient (Wildman–Crippen LogP) is 4.77. The van der Waals surface area contributed by atoms with Gasteiger partial charge in [-0.25, -0.2) is 4.39 Å².